The largest absolute Gasteiger partial charge is 0.484 e. The third-order valence-corrected chi connectivity index (χ3v) is 3.93. The number of ether oxygens (including phenoxy) is 2. The Kier molecular flexibility index (Phi) is 4.83. The van der Waals surface area contributed by atoms with Crippen molar-refractivity contribution in [1.29, 1.82) is 0 Å². The molecule has 4 aromatic rings. The lowest BCUT2D eigenvalue weighted by Crippen LogP contribution is -1.95. The van der Waals surface area contributed by atoms with E-state index in [0.29, 0.717) is 17.5 Å². The van der Waals surface area contributed by atoms with Gasteiger partial charge in [0.2, 0.25) is 5.89 Å². The Morgan fingerprint density at radius 3 is 2.15 bits per heavy atom. The lowest BCUT2D eigenvalue weighted by atomic mass is 10.1. The summed E-state index contributed by atoms with van der Waals surface area (Å²) in [5, 5.41) is 8.11. The van der Waals surface area contributed by atoms with Crippen molar-refractivity contribution in [2.75, 3.05) is 0 Å². The molecule has 3 aromatic carbocycles. The van der Waals surface area contributed by atoms with E-state index in [9.17, 15) is 0 Å². The van der Waals surface area contributed by atoms with E-state index in [1.54, 1.807) is 0 Å². The fraction of sp³-hybridized carbons (Fsp3) is 0.0909. The smallest absolute Gasteiger partial charge is 0.254 e. The Balaban J connectivity index is 1.35. The summed E-state index contributed by atoms with van der Waals surface area (Å²) in [5.41, 5.74) is 2.07. The molecular formula is C22H18N2O3. The van der Waals surface area contributed by atoms with Crippen molar-refractivity contribution in [1.82, 2.24) is 10.2 Å². The van der Waals surface area contributed by atoms with Gasteiger partial charge in [-0.15, -0.1) is 10.2 Å². The Bertz CT molecular complexity index is 994. The van der Waals surface area contributed by atoms with Crippen LogP contribution >= 0.6 is 0 Å². The number of nitrogens with zero attached hydrogens (tertiary/aromatic N) is 2. The second-order valence-electron chi connectivity index (χ2n) is 6.04. The van der Waals surface area contributed by atoms with Crippen LogP contribution in [0.15, 0.2) is 83.3 Å². The van der Waals surface area contributed by atoms with Gasteiger partial charge in [-0.3, -0.25) is 0 Å². The van der Waals surface area contributed by atoms with Gasteiger partial charge >= 0.3 is 0 Å². The van der Waals surface area contributed by atoms with Crippen molar-refractivity contribution in [3.05, 3.63) is 90.3 Å². The van der Waals surface area contributed by atoms with Gasteiger partial charge in [0.05, 0.1) is 0 Å². The molecule has 27 heavy (non-hydrogen) atoms. The zero-order chi connectivity index (χ0) is 18.5. The molecule has 0 spiro atoms. The summed E-state index contributed by atoms with van der Waals surface area (Å²) < 4.78 is 17.1. The first-order valence-corrected chi connectivity index (χ1v) is 8.61. The van der Waals surface area contributed by atoms with Crippen LogP contribution in [-0.4, -0.2) is 10.2 Å². The maximum Gasteiger partial charge on any atom is 0.254 e. The number of benzene rings is 3. The van der Waals surface area contributed by atoms with E-state index in [1.165, 1.54) is 5.56 Å². The second-order valence-corrected chi connectivity index (χ2v) is 6.04. The fourth-order valence-electron chi connectivity index (χ4n) is 2.50. The van der Waals surface area contributed by atoms with Crippen LogP contribution in [0.2, 0.25) is 0 Å². The average Bonchev–Trinajstić information content (AvgIpc) is 3.18. The molecule has 5 nitrogen and oxygen atoms in total. The maximum atomic E-state index is 5.76. The van der Waals surface area contributed by atoms with Crippen LogP contribution in [-0.2, 0) is 6.61 Å². The maximum absolute atomic E-state index is 5.76. The monoisotopic (exact) mass is 358 g/mol. The van der Waals surface area contributed by atoms with E-state index in [4.69, 9.17) is 13.9 Å². The van der Waals surface area contributed by atoms with Crippen molar-refractivity contribution in [2.45, 2.75) is 13.5 Å². The molecule has 0 saturated heterocycles. The first kappa shape index (κ1) is 16.8. The van der Waals surface area contributed by atoms with Gasteiger partial charge in [-0.05, 0) is 55.5 Å². The molecule has 4 rings (SSSR count). The van der Waals surface area contributed by atoms with Gasteiger partial charge in [0, 0.05) is 5.56 Å². The molecule has 0 N–H and O–H groups in total. The summed E-state index contributed by atoms with van der Waals surface area (Å²) in [6, 6.07) is 25.0. The van der Waals surface area contributed by atoms with E-state index < -0.39 is 0 Å². The number of hydrogen-bond acceptors (Lipinski definition) is 5. The van der Waals surface area contributed by atoms with Crippen molar-refractivity contribution in [3.63, 3.8) is 0 Å². The van der Waals surface area contributed by atoms with Gasteiger partial charge in [-0.25, -0.2) is 0 Å². The molecule has 0 aliphatic rings. The number of aromatic nitrogens is 2. The molecule has 0 atom stereocenters. The van der Waals surface area contributed by atoms with Crippen LogP contribution in [0.3, 0.4) is 0 Å². The zero-order valence-electron chi connectivity index (χ0n) is 14.8. The van der Waals surface area contributed by atoms with Gasteiger partial charge in [0.25, 0.3) is 5.89 Å². The fourth-order valence-corrected chi connectivity index (χ4v) is 2.50. The van der Waals surface area contributed by atoms with E-state index in [1.807, 2.05) is 85.8 Å². The molecule has 0 unspecified atom stereocenters. The van der Waals surface area contributed by atoms with Gasteiger partial charge in [-0.2, -0.15) is 0 Å². The molecule has 0 saturated carbocycles. The van der Waals surface area contributed by atoms with Gasteiger partial charge in [-0.1, -0.05) is 35.9 Å². The van der Waals surface area contributed by atoms with E-state index in [2.05, 4.69) is 10.2 Å². The standard InChI is InChI=1S/C22H18N2O3/c1-16-7-9-17(10-8-16)22-24-23-21(27-22)15-25-18-11-13-20(14-12-18)26-19-5-3-2-4-6-19/h2-14H,15H2,1H3. The van der Waals surface area contributed by atoms with E-state index in [-0.39, 0.29) is 6.61 Å². The highest BCUT2D eigenvalue weighted by atomic mass is 16.5. The predicted octanol–water partition coefficient (Wildman–Crippen LogP) is 5.42. The summed E-state index contributed by atoms with van der Waals surface area (Å²) in [4.78, 5) is 0. The van der Waals surface area contributed by atoms with Gasteiger partial charge in [0.1, 0.15) is 17.2 Å². The highest BCUT2D eigenvalue weighted by Gasteiger charge is 2.09. The summed E-state index contributed by atoms with van der Waals surface area (Å²) >= 11 is 0. The van der Waals surface area contributed by atoms with Gasteiger partial charge < -0.3 is 13.9 Å². The molecule has 1 heterocycles. The summed E-state index contributed by atoms with van der Waals surface area (Å²) in [6.45, 7) is 2.24. The minimum Gasteiger partial charge on any atom is -0.484 e. The second kappa shape index (κ2) is 7.74. The lowest BCUT2D eigenvalue weighted by molar-refractivity contribution is 0.264. The highest BCUT2D eigenvalue weighted by Crippen LogP contribution is 2.24. The quantitative estimate of drug-likeness (QED) is 0.461. The average molecular weight is 358 g/mol. The highest BCUT2D eigenvalue weighted by molar-refractivity contribution is 5.52. The summed E-state index contributed by atoms with van der Waals surface area (Å²) in [6.07, 6.45) is 0. The molecular weight excluding hydrogens is 340 g/mol. The van der Waals surface area contributed by atoms with Crippen LogP contribution in [0.5, 0.6) is 17.2 Å². The minimum absolute atomic E-state index is 0.206. The Morgan fingerprint density at radius 2 is 1.41 bits per heavy atom. The molecule has 0 aliphatic carbocycles. The first-order valence-electron chi connectivity index (χ1n) is 8.61. The number of aryl methyl sites for hydroxylation is 1. The zero-order valence-corrected chi connectivity index (χ0v) is 14.8. The van der Waals surface area contributed by atoms with E-state index >= 15 is 0 Å². The third-order valence-electron chi connectivity index (χ3n) is 3.93. The molecule has 0 amide bonds. The topological polar surface area (TPSA) is 57.4 Å². The molecule has 0 radical (unpaired) electrons. The van der Waals surface area contributed by atoms with Crippen molar-refractivity contribution < 1.29 is 13.9 Å². The van der Waals surface area contributed by atoms with Crippen molar-refractivity contribution in [2.24, 2.45) is 0 Å². The van der Waals surface area contributed by atoms with Crippen molar-refractivity contribution in [3.8, 4) is 28.7 Å². The molecule has 5 heteroatoms. The predicted molar refractivity (Wildman–Crippen MR) is 102 cm³/mol. The van der Waals surface area contributed by atoms with Crippen LogP contribution in [0, 0.1) is 6.92 Å². The SMILES string of the molecule is Cc1ccc(-c2nnc(COc3ccc(Oc4ccccc4)cc3)o2)cc1. The van der Waals surface area contributed by atoms with Crippen LogP contribution in [0.4, 0.5) is 0 Å². The minimum atomic E-state index is 0.206. The molecule has 0 fully saturated rings. The Morgan fingerprint density at radius 1 is 0.741 bits per heavy atom. The number of rotatable bonds is 6. The summed E-state index contributed by atoms with van der Waals surface area (Å²) in [7, 11) is 0. The Labute approximate surface area is 157 Å². The molecule has 1 aromatic heterocycles. The third kappa shape index (κ3) is 4.33. The lowest BCUT2D eigenvalue weighted by Gasteiger charge is -2.07. The normalized spacial score (nSPS) is 10.6. The molecule has 134 valence electrons. The van der Waals surface area contributed by atoms with Crippen LogP contribution < -0.4 is 9.47 Å². The molecule has 0 bridgehead atoms. The number of hydrogen-bond donors (Lipinski definition) is 0. The van der Waals surface area contributed by atoms with Gasteiger partial charge in [0.15, 0.2) is 6.61 Å². The number of para-hydroxylation sites is 1. The van der Waals surface area contributed by atoms with Crippen LogP contribution in [0.25, 0.3) is 11.5 Å². The Hall–Kier alpha value is -3.60. The first-order chi connectivity index (χ1) is 13.3. The summed E-state index contributed by atoms with van der Waals surface area (Å²) in [5.74, 6) is 3.15. The van der Waals surface area contributed by atoms with Crippen LogP contribution in [0.1, 0.15) is 11.5 Å². The molecule has 0 aliphatic heterocycles. The van der Waals surface area contributed by atoms with E-state index in [0.717, 1.165) is 17.1 Å². The van der Waals surface area contributed by atoms with Crippen molar-refractivity contribution >= 4 is 0 Å².